The van der Waals surface area contributed by atoms with Crippen molar-refractivity contribution in [2.24, 2.45) is 5.92 Å². The Labute approximate surface area is 160 Å². The lowest BCUT2D eigenvalue weighted by atomic mass is 9.79. The second-order valence-electron chi connectivity index (χ2n) is 8.05. The van der Waals surface area contributed by atoms with Gasteiger partial charge in [-0.1, -0.05) is 30.3 Å². The third kappa shape index (κ3) is 4.04. The first-order chi connectivity index (χ1) is 13.0. The number of hydrogen-bond acceptors (Lipinski definition) is 4. The van der Waals surface area contributed by atoms with Crippen LogP contribution in [0.3, 0.4) is 0 Å². The Hall–Kier alpha value is -2.24. The average molecular weight is 365 g/mol. The van der Waals surface area contributed by atoms with Crippen molar-refractivity contribution in [1.82, 2.24) is 15.2 Å². The minimum atomic E-state index is -0.945. The van der Waals surface area contributed by atoms with Gasteiger partial charge in [-0.3, -0.25) is 14.7 Å². The molecule has 5 nitrogen and oxygen atoms in total. The Kier molecular flexibility index (Phi) is 4.98. The minimum Gasteiger partial charge on any atom is -0.388 e. The minimum absolute atomic E-state index is 0.0759. The monoisotopic (exact) mass is 365 g/mol. The van der Waals surface area contributed by atoms with Crippen LogP contribution < -0.4 is 5.32 Å². The predicted molar refractivity (Wildman–Crippen MR) is 104 cm³/mol. The Morgan fingerprint density at radius 2 is 1.93 bits per heavy atom. The number of amides is 1. The molecular formula is C22H27N3O2. The first-order valence-corrected chi connectivity index (χ1v) is 9.75. The van der Waals surface area contributed by atoms with Crippen LogP contribution in [-0.2, 0) is 11.3 Å². The van der Waals surface area contributed by atoms with E-state index in [4.69, 9.17) is 0 Å². The molecule has 0 spiro atoms. The predicted octanol–water partition coefficient (Wildman–Crippen LogP) is 2.67. The van der Waals surface area contributed by atoms with Crippen LogP contribution in [0.4, 0.5) is 0 Å². The molecule has 1 aromatic heterocycles. The fourth-order valence-electron chi connectivity index (χ4n) is 4.02. The number of likely N-dealkylation sites (tertiary alicyclic amines) is 1. The van der Waals surface area contributed by atoms with Gasteiger partial charge >= 0.3 is 0 Å². The van der Waals surface area contributed by atoms with Crippen molar-refractivity contribution in [2.75, 3.05) is 6.54 Å². The normalized spacial score (nSPS) is 28.7. The van der Waals surface area contributed by atoms with Gasteiger partial charge in [-0.25, -0.2) is 0 Å². The van der Waals surface area contributed by atoms with Crippen LogP contribution in [0.15, 0.2) is 54.9 Å². The van der Waals surface area contributed by atoms with Crippen LogP contribution in [-0.4, -0.2) is 39.1 Å². The molecule has 0 unspecified atom stereocenters. The van der Waals surface area contributed by atoms with Crippen molar-refractivity contribution in [3.63, 3.8) is 0 Å². The molecule has 2 fully saturated rings. The van der Waals surface area contributed by atoms with E-state index < -0.39 is 5.60 Å². The van der Waals surface area contributed by atoms with Gasteiger partial charge < -0.3 is 10.4 Å². The Morgan fingerprint density at radius 3 is 2.59 bits per heavy atom. The van der Waals surface area contributed by atoms with E-state index in [0.717, 1.165) is 31.5 Å². The third-order valence-electron chi connectivity index (χ3n) is 5.81. The van der Waals surface area contributed by atoms with Gasteiger partial charge in [0.05, 0.1) is 17.7 Å². The van der Waals surface area contributed by atoms with E-state index >= 15 is 0 Å². The van der Waals surface area contributed by atoms with E-state index in [2.05, 4.69) is 27.3 Å². The van der Waals surface area contributed by atoms with Crippen LogP contribution in [0.2, 0.25) is 0 Å². The number of carbonyl (C=O) groups is 1. The maximum atomic E-state index is 12.6. The highest BCUT2D eigenvalue weighted by Gasteiger charge is 2.47. The van der Waals surface area contributed by atoms with Crippen molar-refractivity contribution in [3.8, 4) is 0 Å². The van der Waals surface area contributed by atoms with Crippen LogP contribution in [0.5, 0.6) is 0 Å². The van der Waals surface area contributed by atoms with Gasteiger partial charge in [0.15, 0.2) is 0 Å². The van der Waals surface area contributed by atoms with Crippen molar-refractivity contribution in [2.45, 2.75) is 50.4 Å². The molecule has 2 aliphatic rings. The smallest absolute Gasteiger partial charge is 0.223 e. The molecule has 1 aromatic carbocycles. The summed E-state index contributed by atoms with van der Waals surface area (Å²) in [6, 6.07) is 13.8. The largest absolute Gasteiger partial charge is 0.388 e. The van der Waals surface area contributed by atoms with Crippen LogP contribution in [0.1, 0.15) is 43.4 Å². The number of hydrogen-bond donors (Lipinski definition) is 2. The molecule has 1 saturated heterocycles. The summed E-state index contributed by atoms with van der Waals surface area (Å²) in [5, 5.41) is 14.3. The van der Waals surface area contributed by atoms with Gasteiger partial charge in [-0.15, -0.1) is 0 Å². The zero-order chi connectivity index (χ0) is 18.9. The maximum Gasteiger partial charge on any atom is 0.223 e. The van der Waals surface area contributed by atoms with Crippen molar-refractivity contribution < 1.29 is 9.90 Å². The number of benzene rings is 1. The molecule has 27 heavy (non-hydrogen) atoms. The summed E-state index contributed by atoms with van der Waals surface area (Å²) in [5.74, 6) is 0.194. The lowest BCUT2D eigenvalue weighted by molar-refractivity contribution is -0.130. The summed E-state index contributed by atoms with van der Waals surface area (Å²) in [7, 11) is 0. The van der Waals surface area contributed by atoms with E-state index in [-0.39, 0.29) is 23.9 Å². The maximum absolute atomic E-state index is 12.6. The molecule has 2 heterocycles. The van der Waals surface area contributed by atoms with E-state index in [1.807, 2.05) is 37.3 Å². The first-order valence-electron chi connectivity index (χ1n) is 9.75. The standard InChI is InChI=1S/C22H27N3O2/c1-22(27)11-14-25(15-16-9-12-23-13-10-16)19(17-5-3-2-4-6-17)20(22)24-21(26)18-7-8-18/h2-6,9-10,12-13,18-20,27H,7-8,11,14-15H2,1H3,(H,24,26)/t19-,20-,22+/m0/s1. The summed E-state index contributed by atoms with van der Waals surface area (Å²) in [4.78, 5) is 19.0. The second kappa shape index (κ2) is 7.41. The Balaban J connectivity index is 1.66. The molecule has 3 atom stereocenters. The zero-order valence-corrected chi connectivity index (χ0v) is 15.7. The summed E-state index contributed by atoms with van der Waals surface area (Å²) in [6.07, 6.45) is 6.14. The molecule has 4 rings (SSSR count). The van der Waals surface area contributed by atoms with E-state index in [1.165, 1.54) is 5.56 Å². The zero-order valence-electron chi connectivity index (χ0n) is 15.7. The molecule has 142 valence electrons. The lowest BCUT2D eigenvalue weighted by Crippen LogP contribution is -2.62. The summed E-state index contributed by atoms with van der Waals surface area (Å²) in [6.45, 7) is 3.38. The number of pyridine rings is 1. The van der Waals surface area contributed by atoms with Crippen LogP contribution in [0.25, 0.3) is 0 Å². The van der Waals surface area contributed by atoms with E-state index in [0.29, 0.717) is 6.42 Å². The van der Waals surface area contributed by atoms with Crippen molar-refractivity contribution in [3.05, 3.63) is 66.0 Å². The topological polar surface area (TPSA) is 65.5 Å². The molecule has 2 N–H and O–H groups in total. The number of nitrogens with one attached hydrogen (secondary N) is 1. The highest BCUT2D eigenvalue weighted by atomic mass is 16.3. The van der Waals surface area contributed by atoms with E-state index in [9.17, 15) is 9.90 Å². The number of nitrogens with zero attached hydrogens (tertiary/aromatic N) is 2. The van der Waals surface area contributed by atoms with Crippen LogP contribution in [0, 0.1) is 5.92 Å². The van der Waals surface area contributed by atoms with Gasteiger partial charge in [-0.2, -0.15) is 0 Å². The Bertz CT molecular complexity index is 775. The van der Waals surface area contributed by atoms with Gasteiger partial charge in [0.2, 0.25) is 5.91 Å². The fraction of sp³-hybridized carbons (Fsp3) is 0.455. The highest BCUT2D eigenvalue weighted by Crippen LogP contribution is 2.39. The number of aliphatic hydroxyl groups is 1. The third-order valence-corrected chi connectivity index (χ3v) is 5.81. The summed E-state index contributed by atoms with van der Waals surface area (Å²) in [5.41, 5.74) is 1.35. The molecule has 1 aliphatic carbocycles. The lowest BCUT2D eigenvalue weighted by Gasteiger charge is -2.49. The van der Waals surface area contributed by atoms with Crippen molar-refractivity contribution in [1.29, 1.82) is 0 Å². The molecular weight excluding hydrogens is 338 g/mol. The van der Waals surface area contributed by atoms with Gasteiger partial charge in [0, 0.05) is 31.4 Å². The van der Waals surface area contributed by atoms with Gasteiger partial charge in [0.25, 0.3) is 0 Å². The number of carbonyl (C=O) groups excluding carboxylic acids is 1. The first kappa shape index (κ1) is 18.1. The molecule has 2 aromatic rings. The molecule has 5 heteroatoms. The molecule has 1 amide bonds. The van der Waals surface area contributed by atoms with Crippen LogP contribution >= 0.6 is 0 Å². The second-order valence-corrected chi connectivity index (χ2v) is 8.05. The summed E-state index contributed by atoms with van der Waals surface area (Å²) < 4.78 is 0. The molecule has 1 aliphatic heterocycles. The quantitative estimate of drug-likeness (QED) is 0.855. The fourth-order valence-corrected chi connectivity index (χ4v) is 4.02. The van der Waals surface area contributed by atoms with Crippen molar-refractivity contribution >= 4 is 5.91 Å². The Morgan fingerprint density at radius 1 is 1.22 bits per heavy atom. The van der Waals surface area contributed by atoms with Gasteiger partial charge in [-0.05, 0) is 49.4 Å². The molecule has 1 saturated carbocycles. The van der Waals surface area contributed by atoms with Gasteiger partial charge in [0.1, 0.15) is 0 Å². The number of rotatable bonds is 5. The molecule has 0 radical (unpaired) electrons. The molecule has 0 bridgehead atoms. The number of piperidine rings is 1. The average Bonchev–Trinajstić information content (AvgIpc) is 3.51. The van der Waals surface area contributed by atoms with E-state index in [1.54, 1.807) is 12.4 Å². The highest BCUT2D eigenvalue weighted by molar-refractivity contribution is 5.81. The number of aromatic nitrogens is 1. The summed E-state index contributed by atoms with van der Waals surface area (Å²) >= 11 is 0. The SMILES string of the molecule is C[C@@]1(O)CCN(Cc2ccncc2)[C@@H](c2ccccc2)[C@@H]1NC(=O)C1CC1.